The molecule has 42 valence electrons. The van der Waals surface area contributed by atoms with E-state index in [9.17, 15) is 0 Å². The lowest BCUT2D eigenvalue weighted by Gasteiger charge is -1.89. The summed E-state index contributed by atoms with van der Waals surface area (Å²) in [4.78, 5) is 3.64. The summed E-state index contributed by atoms with van der Waals surface area (Å²) in [5, 5.41) is 0. The van der Waals surface area contributed by atoms with Gasteiger partial charge < -0.3 is 11.2 Å². The summed E-state index contributed by atoms with van der Waals surface area (Å²) in [6.45, 7) is 0.328. The van der Waals surface area contributed by atoms with Crippen LogP contribution in [0.3, 0.4) is 0 Å². The lowest BCUT2D eigenvalue weighted by molar-refractivity contribution is 0.777. The Morgan fingerprint density at radius 2 is 2.57 bits per heavy atom. The Kier molecular flexibility index (Phi) is 4.92. The van der Waals surface area contributed by atoms with Gasteiger partial charge in [0.15, 0.2) is 0 Å². The van der Waals surface area contributed by atoms with Crippen molar-refractivity contribution in [3.05, 3.63) is 0 Å². The van der Waals surface area contributed by atoms with Crippen molar-refractivity contribution in [2.75, 3.05) is 13.7 Å². The fourth-order valence-corrected chi connectivity index (χ4v) is 0.163. The number of nitrogens with one attached hydrogen (secondary N) is 2. The summed E-state index contributed by atoms with van der Waals surface area (Å²) in [5.41, 5.74) is 10.3. The van der Waals surface area contributed by atoms with Gasteiger partial charge in [0.05, 0.1) is 13.0 Å². The van der Waals surface area contributed by atoms with E-state index >= 15 is 0 Å². The molecule has 4 N–H and O–H groups in total. The van der Waals surface area contributed by atoms with Crippen molar-refractivity contribution in [2.24, 2.45) is 10.7 Å². The van der Waals surface area contributed by atoms with Gasteiger partial charge in [-0.3, -0.25) is 4.99 Å². The Morgan fingerprint density at radius 1 is 1.86 bits per heavy atom. The second-order valence-corrected chi connectivity index (χ2v) is 0.889. The molecule has 0 radical (unpaired) electrons. The number of nitrogens with zero attached hydrogens (tertiary/aromatic N) is 1. The topological polar surface area (TPSA) is 62.4 Å². The van der Waals surface area contributed by atoms with E-state index < -0.39 is 0 Å². The molecule has 0 aliphatic carbocycles. The van der Waals surface area contributed by atoms with Gasteiger partial charge in [-0.2, -0.15) is 0 Å². The van der Waals surface area contributed by atoms with Crippen molar-refractivity contribution in [1.82, 2.24) is 10.9 Å². The quantitative estimate of drug-likeness (QED) is 0.235. The van der Waals surface area contributed by atoms with Gasteiger partial charge in [0.25, 0.3) is 0 Å². The van der Waals surface area contributed by atoms with E-state index in [0.717, 1.165) is 0 Å². The second kappa shape index (κ2) is 5.39. The maximum Gasteiger partial charge on any atom is 0.0982 e. The molecule has 4 heteroatoms. The predicted molar refractivity (Wildman–Crippen MR) is 29.7 cm³/mol. The molecule has 0 saturated heterocycles. The van der Waals surface area contributed by atoms with Crippen molar-refractivity contribution >= 4 is 6.34 Å². The highest BCUT2D eigenvalue weighted by Crippen LogP contribution is 1.45. The van der Waals surface area contributed by atoms with Crippen LogP contribution in [0.15, 0.2) is 4.99 Å². The van der Waals surface area contributed by atoms with Gasteiger partial charge in [0, 0.05) is 7.05 Å². The van der Waals surface area contributed by atoms with Crippen LogP contribution in [0.5, 0.6) is 0 Å². The van der Waals surface area contributed by atoms with Crippen molar-refractivity contribution in [1.29, 1.82) is 0 Å². The van der Waals surface area contributed by atoms with Crippen molar-refractivity contribution < 1.29 is 0 Å². The molecule has 0 aliphatic heterocycles. The SMILES string of the molecule is CNN/C=N\CN. The first-order valence-electron chi connectivity index (χ1n) is 2.02. The van der Waals surface area contributed by atoms with Crippen LogP contribution in [0.25, 0.3) is 0 Å². The van der Waals surface area contributed by atoms with Crippen LogP contribution in [0.2, 0.25) is 0 Å². The Balaban J connectivity index is 2.78. The molecule has 0 atom stereocenters. The van der Waals surface area contributed by atoms with Gasteiger partial charge in [0.1, 0.15) is 0 Å². The van der Waals surface area contributed by atoms with Crippen LogP contribution in [-0.4, -0.2) is 20.1 Å². The number of hydrogen-bond acceptors (Lipinski definition) is 3. The van der Waals surface area contributed by atoms with E-state index in [1.807, 2.05) is 0 Å². The summed E-state index contributed by atoms with van der Waals surface area (Å²) >= 11 is 0. The van der Waals surface area contributed by atoms with Gasteiger partial charge in [0.2, 0.25) is 0 Å². The van der Waals surface area contributed by atoms with Crippen molar-refractivity contribution in [3.63, 3.8) is 0 Å². The van der Waals surface area contributed by atoms with Crippen LogP contribution in [0.1, 0.15) is 0 Å². The summed E-state index contributed by atoms with van der Waals surface area (Å²) < 4.78 is 0. The molecule has 0 saturated carbocycles. The molecule has 0 spiro atoms. The van der Waals surface area contributed by atoms with Crippen LogP contribution >= 0.6 is 0 Å². The molecule has 0 aromatic carbocycles. The van der Waals surface area contributed by atoms with E-state index in [-0.39, 0.29) is 0 Å². The zero-order valence-corrected chi connectivity index (χ0v) is 4.31. The average Bonchev–Trinajstić information content (AvgIpc) is 1.69. The summed E-state index contributed by atoms with van der Waals surface area (Å²) in [7, 11) is 1.75. The van der Waals surface area contributed by atoms with Crippen LogP contribution in [0.4, 0.5) is 0 Å². The molecule has 0 amide bonds. The molecule has 0 aliphatic rings. The maximum atomic E-state index is 5.00. The number of hydrazine groups is 1. The fourth-order valence-electron chi connectivity index (χ4n) is 0.163. The first-order valence-corrected chi connectivity index (χ1v) is 2.02. The van der Waals surface area contributed by atoms with Gasteiger partial charge in [-0.25, -0.2) is 5.43 Å². The Bertz CT molecular complexity index is 50.9. The molecule has 0 rings (SSSR count). The summed E-state index contributed by atoms with van der Waals surface area (Å²) in [6, 6.07) is 0. The Labute approximate surface area is 42.8 Å². The molecule has 0 aromatic rings. The second-order valence-electron chi connectivity index (χ2n) is 0.889. The number of nitrogens with two attached hydrogens (primary N) is 1. The largest absolute Gasteiger partial charge is 0.312 e. The molecule has 4 nitrogen and oxygen atoms in total. The third kappa shape index (κ3) is 5.39. The Morgan fingerprint density at radius 3 is 3.00 bits per heavy atom. The maximum absolute atomic E-state index is 5.00. The van der Waals surface area contributed by atoms with Gasteiger partial charge in [-0.05, 0) is 0 Å². The first-order chi connectivity index (χ1) is 3.41. The minimum absolute atomic E-state index is 0.328. The molecule has 0 fully saturated rings. The van der Waals surface area contributed by atoms with E-state index in [1.54, 1.807) is 7.05 Å². The zero-order chi connectivity index (χ0) is 5.54. The van der Waals surface area contributed by atoms with Crippen LogP contribution in [-0.2, 0) is 0 Å². The highest BCUT2D eigenvalue weighted by Gasteiger charge is 1.61. The highest BCUT2D eigenvalue weighted by molar-refractivity contribution is 5.53. The third-order valence-corrected chi connectivity index (χ3v) is 0.406. The van der Waals surface area contributed by atoms with Crippen molar-refractivity contribution in [3.8, 4) is 0 Å². The third-order valence-electron chi connectivity index (χ3n) is 0.406. The van der Waals surface area contributed by atoms with E-state index in [4.69, 9.17) is 5.73 Å². The standard InChI is InChI=1S/C3H10N4/c1-5-7-3-6-2-4/h3,5H,2,4H2,1H3,(H,6,7). The monoisotopic (exact) mass is 102 g/mol. The van der Waals surface area contributed by atoms with Crippen LogP contribution < -0.4 is 16.6 Å². The van der Waals surface area contributed by atoms with Gasteiger partial charge in [-0.15, -0.1) is 0 Å². The predicted octanol–water partition coefficient (Wildman–Crippen LogP) is -1.35. The smallest absolute Gasteiger partial charge is 0.0982 e. The minimum Gasteiger partial charge on any atom is -0.312 e. The van der Waals surface area contributed by atoms with Gasteiger partial charge in [-0.1, -0.05) is 0 Å². The van der Waals surface area contributed by atoms with E-state index in [1.165, 1.54) is 6.34 Å². The number of rotatable bonds is 3. The summed E-state index contributed by atoms with van der Waals surface area (Å²) in [6.07, 6.45) is 1.50. The molecule has 0 aromatic heterocycles. The highest BCUT2D eigenvalue weighted by atomic mass is 15.3. The Hall–Kier alpha value is -0.610. The lowest BCUT2D eigenvalue weighted by atomic mass is 11.1. The lowest BCUT2D eigenvalue weighted by Crippen LogP contribution is -2.25. The molecule has 7 heavy (non-hydrogen) atoms. The fraction of sp³-hybridized carbons (Fsp3) is 0.667. The first kappa shape index (κ1) is 6.39. The summed E-state index contributed by atoms with van der Waals surface area (Å²) in [5.74, 6) is 0. The zero-order valence-electron chi connectivity index (χ0n) is 4.31. The van der Waals surface area contributed by atoms with Crippen molar-refractivity contribution in [2.45, 2.75) is 0 Å². The molecular weight excluding hydrogens is 92.1 g/mol. The molecular formula is C3H10N4. The minimum atomic E-state index is 0.328. The van der Waals surface area contributed by atoms with E-state index in [0.29, 0.717) is 6.67 Å². The molecule has 0 heterocycles. The molecule has 0 unspecified atom stereocenters. The number of aliphatic imine (C=N–C) groups is 1. The van der Waals surface area contributed by atoms with Crippen LogP contribution in [0, 0.1) is 0 Å². The average molecular weight is 102 g/mol. The van der Waals surface area contributed by atoms with E-state index in [2.05, 4.69) is 15.8 Å². The van der Waals surface area contributed by atoms with Gasteiger partial charge >= 0.3 is 0 Å². The normalized spacial score (nSPS) is 10.0. The molecule has 0 bridgehead atoms. The number of hydrogen-bond donors (Lipinski definition) is 3.